The van der Waals surface area contributed by atoms with Crippen molar-refractivity contribution < 1.29 is 4.79 Å². The van der Waals surface area contributed by atoms with Crippen LogP contribution in [0.5, 0.6) is 0 Å². The molecule has 1 N–H and O–H groups in total. The average molecular weight is 375 g/mol. The molecule has 1 aromatic carbocycles. The van der Waals surface area contributed by atoms with Crippen molar-refractivity contribution in [3.8, 4) is 0 Å². The van der Waals surface area contributed by atoms with E-state index in [9.17, 15) is 9.59 Å². The van der Waals surface area contributed by atoms with E-state index in [0.717, 1.165) is 25.0 Å². The van der Waals surface area contributed by atoms with Crippen molar-refractivity contribution >= 4 is 16.8 Å². The summed E-state index contributed by atoms with van der Waals surface area (Å²) in [5.74, 6) is -0.0662. The van der Waals surface area contributed by atoms with E-state index >= 15 is 0 Å². The molecule has 1 atom stereocenters. The van der Waals surface area contributed by atoms with E-state index in [0.29, 0.717) is 23.0 Å². The summed E-state index contributed by atoms with van der Waals surface area (Å²) >= 11 is 0. The van der Waals surface area contributed by atoms with E-state index < -0.39 is 0 Å². The molecule has 0 radical (unpaired) electrons. The normalized spacial score (nSPS) is 16.0. The maximum Gasteiger partial charge on any atom is 0.275 e. The third-order valence-electron chi connectivity index (χ3n) is 5.68. The SMILES string of the molecule is C=CCn1cc(C(=O)N(C)C2CCCc3ccccc32)c2cc(C)[nH]c2c1=O. The predicted octanol–water partition coefficient (Wildman–Crippen LogP) is 3.97. The van der Waals surface area contributed by atoms with Gasteiger partial charge in [0.1, 0.15) is 5.52 Å². The van der Waals surface area contributed by atoms with Crippen molar-refractivity contribution in [2.75, 3.05) is 7.05 Å². The van der Waals surface area contributed by atoms with Crippen LogP contribution in [0.4, 0.5) is 0 Å². The summed E-state index contributed by atoms with van der Waals surface area (Å²) in [7, 11) is 1.86. The van der Waals surface area contributed by atoms with Gasteiger partial charge in [-0.05, 0) is 43.4 Å². The number of fused-ring (bicyclic) bond motifs is 2. The van der Waals surface area contributed by atoms with Gasteiger partial charge in [0.05, 0.1) is 11.6 Å². The van der Waals surface area contributed by atoms with Gasteiger partial charge >= 0.3 is 0 Å². The molecule has 0 bridgehead atoms. The molecule has 144 valence electrons. The molecule has 1 unspecified atom stereocenters. The third kappa shape index (κ3) is 2.97. The number of rotatable bonds is 4. The number of aryl methyl sites for hydroxylation is 2. The molecule has 28 heavy (non-hydrogen) atoms. The molecule has 1 aliphatic carbocycles. The number of nitrogens with zero attached hydrogens (tertiary/aromatic N) is 2. The smallest absolute Gasteiger partial charge is 0.275 e. The second-order valence-corrected chi connectivity index (χ2v) is 7.55. The number of benzene rings is 1. The first-order chi connectivity index (χ1) is 13.5. The Kier molecular flexibility index (Phi) is 4.67. The highest BCUT2D eigenvalue weighted by molar-refractivity contribution is 6.06. The first-order valence-electron chi connectivity index (χ1n) is 9.70. The molecule has 0 saturated heterocycles. The molecule has 2 heterocycles. The number of carbonyl (C=O) groups excluding carboxylic acids is 1. The number of nitrogens with one attached hydrogen (secondary N) is 1. The van der Waals surface area contributed by atoms with E-state index in [1.54, 1.807) is 16.8 Å². The lowest BCUT2D eigenvalue weighted by atomic mass is 9.87. The van der Waals surface area contributed by atoms with Crippen molar-refractivity contribution in [2.24, 2.45) is 0 Å². The second-order valence-electron chi connectivity index (χ2n) is 7.55. The molecule has 3 aromatic rings. The number of allylic oxidation sites excluding steroid dienone is 1. The second kappa shape index (κ2) is 7.15. The zero-order valence-corrected chi connectivity index (χ0v) is 16.4. The van der Waals surface area contributed by atoms with Crippen LogP contribution in [0.25, 0.3) is 10.9 Å². The average Bonchev–Trinajstić information content (AvgIpc) is 3.10. The van der Waals surface area contributed by atoms with Crippen LogP contribution in [0.3, 0.4) is 0 Å². The molecule has 1 aliphatic rings. The summed E-state index contributed by atoms with van der Waals surface area (Å²) in [5, 5.41) is 0.684. The van der Waals surface area contributed by atoms with Crippen LogP contribution in [-0.4, -0.2) is 27.4 Å². The highest BCUT2D eigenvalue weighted by Gasteiger charge is 2.28. The summed E-state index contributed by atoms with van der Waals surface area (Å²) in [6.07, 6.45) is 6.40. The molecule has 0 aliphatic heterocycles. The molecule has 2 aromatic heterocycles. The van der Waals surface area contributed by atoms with Gasteiger partial charge in [-0.2, -0.15) is 0 Å². The molecule has 0 spiro atoms. The minimum absolute atomic E-state index is 0.0484. The number of aromatic nitrogens is 2. The lowest BCUT2D eigenvalue weighted by molar-refractivity contribution is 0.0716. The Labute approximate surface area is 164 Å². The molecule has 0 fully saturated rings. The Morgan fingerprint density at radius 1 is 1.39 bits per heavy atom. The van der Waals surface area contributed by atoms with Gasteiger partial charge in [0, 0.05) is 30.9 Å². The highest BCUT2D eigenvalue weighted by atomic mass is 16.2. The first kappa shape index (κ1) is 18.3. The van der Waals surface area contributed by atoms with Crippen molar-refractivity contribution in [2.45, 2.75) is 38.8 Å². The molecule has 1 amide bonds. The van der Waals surface area contributed by atoms with Gasteiger partial charge in [0.2, 0.25) is 0 Å². The van der Waals surface area contributed by atoms with Crippen molar-refractivity contribution in [3.63, 3.8) is 0 Å². The zero-order valence-electron chi connectivity index (χ0n) is 16.4. The van der Waals surface area contributed by atoms with Gasteiger partial charge in [-0.25, -0.2) is 0 Å². The van der Waals surface area contributed by atoms with Crippen molar-refractivity contribution in [1.29, 1.82) is 0 Å². The number of hydrogen-bond donors (Lipinski definition) is 1. The first-order valence-corrected chi connectivity index (χ1v) is 9.70. The molecular weight excluding hydrogens is 350 g/mol. The Balaban J connectivity index is 1.80. The largest absolute Gasteiger partial charge is 0.354 e. The number of pyridine rings is 1. The molecule has 5 nitrogen and oxygen atoms in total. The van der Waals surface area contributed by atoms with Gasteiger partial charge in [-0.1, -0.05) is 30.3 Å². The maximum absolute atomic E-state index is 13.5. The Morgan fingerprint density at radius 2 is 2.18 bits per heavy atom. The Bertz CT molecular complexity index is 1120. The molecular formula is C23H25N3O2. The number of carbonyl (C=O) groups is 1. The standard InChI is InChI=1S/C23H25N3O2/c1-4-12-26-14-19(18-13-15(2)24-21(18)23(26)28)22(27)25(3)20-11-7-9-16-8-5-6-10-17(16)20/h4-6,8,10,13-14,20,24H,1,7,9,11-12H2,2-3H3. The van der Waals surface area contributed by atoms with Crippen LogP contribution in [0.2, 0.25) is 0 Å². The van der Waals surface area contributed by atoms with Gasteiger partial charge in [0.25, 0.3) is 11.5 Å². The quantitative estimate of drug-likeness (QED) is 0.702. The zero-order chi connectivity index (χ0) is 19.8. The fourth-order valence-electron chi connectivity index (χ4n) is 4.31. The van der Waals surface area contributed by atoms with Crippen LogP contribution in [-0.2, 0) is 13.0 Å². The maximum atomic E-state index is 13.5. The summed E-state index contributed by atoms with van der Waals surface area (Å²) in [6.45, 7) is 5.98. The topological polar surface area (TPSA) is 58.1 Å². The van der Waals surface area contributed by atoms with Gasteiger partial charge in [-0.3, -0.25) is 9.59 Å². The summed E-state index contributed by atoms with van der Waals surface area (Å²) < 4.78 is 1.54. The van der Waals surface area contributed by atoms with Crippen LogP contribution in [0.15, 0.2) is 54.0 Å². The van der Waals surface area contributed by atoms with Crippen LogP contribution in [0, 0.1) is 6.92 Å². The fourth-order valence-corrected chi connectivity index (χ4v) is 4.31. The van der Waals surface area contributed by atoms with Crippen molar-refractivity contribution in [3.05, 3.63) is 81.9 Å². The van der Waals surface area contributed by atoms with Gasteiger partial charge < -0.3 is 14.5 Å². The van der Waals surface area contributed by atoms with E-state index in [1.165, 1.54) is 11.1 Å². The van der Waals surface area contributed by atoms with E-state index in [4.69, 9.17) is 0 Å². The van der Waals surface area contributed by atoms with Crippen LogP contribution < -0.4 is 5.56 Å². The fraction of sp³-hybridized carbons (Fsp3) is 0.304. The van der Waals surface area contributed by atoms with Gasteiger partial charge in [-0.15, -0.1) is 6.58 Å². The molecule has 0 saturated carbocycles. The minimum Gasteiger partial charge on any atom is -0.354 e. The monoisotopic (exact) mass is 375 g/mol. The number of aromatic amines is 1. The molecule has 4 rings (SSSR count). The number of H-pyrrole nitrogens is 1. The third-order valence-corrected chi connectivity index (χ3v) is 5.68. The minimum atomic E-state index is -0.134. The number of hydrogen-bond acceptors (Lipinski definition) is 2. The predicted molar refractivity (Wildman–Crippen MR) is 112 cm³/mol. The lowest BCUT2D eigenvalue weighted by Crippen LogP contribution is -2.34. The molecule has 5 heteroatoms. The highest BCUT2D eigenvalue weighted by Crippen LogP contribution is 2.34. The Hall–Kier alpha value is -3.08. The summed E-state index contributed by atoms with van der Waals surface area (Å²) in [5.41, 5.74) is 4.30. The van der Waals surface area contributed by atoms with E-state index in [1.807, 2.05) is 31.0 Å². The summed E-state index contributed by atoms with van der Waals surface area (Å²) in [6, 6.07) is 10.3. The van der Waals surface area contributed by atoms with Crippen LogP contribution >= 0.6 is 0 Å². The van der Waals surface area contributed by atoms with Crippen molar-refractivity contribution in [1.82, 2.24) is 14.5 Å². The van der Waals surface area contributed by atoms with E-state index in [-0.39, 0.29) is 17.5 Å². The Morgan fingerprint density at radius 3 is 2.96 bits per heavy atom. The van der Waals surface area contributed by atoms with Crippen LogP contribution in [0.1, 0.15) is 46.1 Å². The van der Waals surface area contributed by atoms with Gasteiger partial charge in [0.15, 0.2) is 0 Å². The van der Waals surface area contributed by atoms with E-state index in [2.05, 4.69) is 29.8 Å². The summed E-state index contributed by atoms with van der Waals surface area (Å²) in [4.78, 5) is 31.2. The lowest BCUT2D eigenvalue weighted by Gasteiger charge is -2.33. The number of amides is 1.